The van der Waals surface area contributed by atoms with E-state index in [1.165, 1.54) is 71.2 Å². The van der Waals surface area contributed by atoms with Gasteiger partial charge >= 0.3 is 0 Å². The van der Waals surface area contributed by atoms with Gasteiger partial charge in [0.1, 0.15) is 28.5 Å². The summed E-state index contributed by atoms with van der Waals surface area (Å²) in [6.07, 6.45) is 8.54. The van der Waals surface area contributed by atoms with Crippen molar-refractivity contribution in [2.45, 2.75) is 197 Å². The van der Waals surface area contributed by atoms with Crippen molar-refractivity contribution >= 4 is 92.9 Å². The van der Waals surface area contributed by atoms with Crippen LogP contribution in [0.3, 0.4) is 0 Å². The van der Waals surface area contributed by atoms with Gasteiger partial charge in [-0.25, -0.2) is 23.3 Å². The Balaban J connectivity index is 0.000000161. The second kappa shape index (κ2) is 31.1. The van der Waals surface area contributed by atoms with E-state index in [-0.39, 0.29) is 49.5 Å². The van der Waals surface area contributed by atoms with Crippen LogP contribution in [0.1, 0.15) is 196 Å². The molecule has 8 heterocycles. The molecule has 0 spiro atoms. The van der Waals surface area contributed by atoms with Crippen LogP contribution in [0.15, 0.2) is 175 Å². The lowest BCUT2D eigenvalue weighted by Gasteiger charge is -2.22. The van der Waals surface area contributed by atoms with Crippen LogP contribution in [0.2, 0.25) is 5.02 Å². The normalized spacial score (nSPS) is 12.1. The minimum atomic E-state index is -0.221. The van der Waals surface area contributed by atoms with E-state index in [0.717, 1.165) is 55.2 Å². The highest BCUT2D eigenvalue weighted by Crippen LogP contribution is 2.36. The molecule has 0 aliphatic heterocycles. The van der Waals surface area contributed by atoms with Crippen LogP contribution in [0.5, 0.6) is 5.75 Å². The minimum absolute atomic E-state index is 0.0794. The molecule has 0 amide bonds. The first-order valence-corrected chi connectivity index (χ1v) is 35.7. The molecule has 0 bridgehead atoms. The minimum Gasteiger partial charge on any atom is -0.497 e. The molecule has 13 aromatic rings. The van der Waals surface area contributed by atoms with Crippen LogP contribution in [0, 0.1) is 25.5 Å². The topological polar surface area (TPSA) is 83.0 Å². The lowest BCUT2D eigenvalue weighted by atomic mass is 9.84. The Morgan fingerprint density at radius 1 is 0.480 bits per heavy atom. The average molecular weight is 1380 g/mol. The number of benzene rings is 5. The number of fused-ring (bicyclic) bond motifs is 6. The number of aromatic nitrogens is 7. The molecule has 8 aromatic heterocycles. The van der Waals surface area contributed by atoms with Crippen molar-refractivity contribution < 1.29 is 13.5 Å². The Labute approximate surface area is 596 Å². The fourth-order valence-corrected chi connectivity index (χ4v) is 13.2. The molecular weight excluding hydrogens is 1270 g/mol. The Hall–Kier alpha value is -7.90. The molecule has 518 valence electrons. The summed E-state index contributed by atoms with van der Waals surface area (Å²) in [5, 5.41) is 11.8. The van der Waals surface area contributed by atoms with Crippen molar-refractivity contribution in [1.82, 2.24) is 34.1 Å². The van der Waals surface area contributed by atoms with E-state index in [0.29, 0.717) is 5.52 Å². The summed E-state index contributed by atoms with van der Waals surface area (Å²) in [5.74, 6) is 0.383. The third-order valence-electron chi connectivity index (χ3n) is 16.7. The van der Waals surface area contributed by atoms with E-state index in [9.17, 15) is 8.78 Å². The highest BCUT2D eigenvalue weighted by atomic mass is 35.5. The van der Waals surface area contributed by atoms with E-state index < -0.39 is 0 Å². The molecule has 0 atom stereocenters. The predicted molar refractivity (Wildman–Crippen MR) is 419 cm³/mol. The Kier molecular flexibility index (Phi) is 24.6. The molecule has 0 radical (unpaired) electrons. The van der Waals surface area contributed by atoms with Gasteiger partial charge in [-0.2, -0.15) is 5.10 Å². The van der Waals surface area contributed by atoms with Crippen LogP contribution in [-0.2, 0) is 45.0 Å². The molecule has 98 heavy (non-hydrogen) atoms. The second-order valence-electron chi connectivity index (χ2n) is 32.4. The van der Waals surface area contributed by atoms with Gasteiger partial charge in [0.05, 0.1) is 46.3 Å². The van der Waals surface area contributed by atoms with Gasteiger partial charge in [0.15, 0.2) is 0 Å². The van der Waals surface area contributed by atoms with Crippen molar-refractivity contribution in [3.8, 4) is 5.75 Å². The van der Waals surface area contributed by atoms with Crippen LogP contribution in [0.25, 0.3) is 58.7 Å². The van der Waals surface area contributed by atoms with Crippen molar-refractivity contribution in [3.05, 3.63) is 242 Å². The molecule has 0 unspecified atom stereocenters. The second-order valence-corrected chi connectivity index (χ2v) is 34.6. The molecule has 0 saturated carbocycles. The van der Waals surface area contributed by atoms with E-state index in [1.807, 2.05) is 92.0 Å². The maximum Gasteiger partial charge on any atom is 0.149 e. The maximum atomic E-state index is 13.8. The van der Waals surface area contributed by atoms with Gasteiger partial charge < -0.3 is 9.30 Å². The van der Waals surface area contributed by atoms with Crippen molar-refractivity contribution in [1.29, 1.82) is 0 Å². The smallest absolute Gasteiger partial charge is 0.149 e. The van der Waals surface area contributed by atoms with Gasteiger partial charge in [0, 0.05) is 68.3 Å². The number of methoxy groups -OCH3 is 1. The number of rotatable bonds is 1. The molecular formula is C85H104ClF2N7OS2. The maximum absolute atomic E-state index is 13.8. The quantitative estimate of drug-likeness (QED) is 0.163. The number of aryl methyl sites for hydroxylation is 3. The van der Waals surface area contributed by atoms with E-state index in [2.05, 4.69) is 260 Å². The first kappa shape index (κ1) is 77.5. The predicted octanol–water partition coefficient (Wildman–Crippen LogP) is 24.9. The zero-order valence-corrected chi connectivity index (χ0v) is 65.1. The molecule has 13 rings (SSSR count). The standard InChI is InChI=1S/C15H19N.C13H15N.C12H15FN2.C12H14S.C11H15ClO.C11H13FN2.C11H13NS/c1-10-6-7-14-12(8-10)13(15(3,4)5)9-11(2)16-14;1-13(2,3)11-6-7-12-10(9-11)5-4-8-14-12;1-12(2,3)10-8-5-6-15(4)11(8)14-7-9(10)13;1-12(2,3)10-6-4-5-9-7-8-13-11(9)10;1-11(2,3)8-5-9(12)7-10(6-8)13-4;1-11(2,3)8-7-13-14-6-4-5-9(12)10(8)14;1-11(2,3)8-4-5-9-10(6-8)13-7-12-9/h6-9H,1-5H3;4-9H,1-3H3;5-7H,1-4H3;4-8H,1-3H3;5-7H,1-4H3;4-7H,1-3H3;4-7H,1-3H3. The third-order valence-corrected chi connectivity index (χ3v) is 18.7. The molecule has 8 nitrogen and oxygen atoms in total. The van der Waals surface area contributed by atoms with E-state index in [4.69, 9.17) is 16.3 Å². The first-order valence-electron chi connectivity index (χ1n) is 33.6. The van der Waals surface area contributed by atoms with Gasteiger partial charge in [0.2, 0.25) is 0 Å². The zero-order valence-electron chi connectivity index (χ0n) is 62.7. The number of halogens is 3. The van der Waals surface area contributed by atoms with Crippen molar-refractivity contribution in [2.24, 2.45) is 7.05 Å². The summed E-state index contributed by atoms with van der Waals surface area (Å²) in [4.78, 5) is 17.3. The monoisotopic (exact) mass is 1380 g/mol. The van der Waals surface area contributed by atoms with Crippen LogP contribution in [0.4, 0.5) is 8.78 Å². The van der Waals surface area contributed by atoms with Gasteiger partial charge in [0.25, 0.3) is 0 Å². The van der Waals surface area contributed by atoms with Gasteiger partial charge in [-0.1, -0.05) is 205 Å². The summed E-state index contributed by atoms with van der Waals surface area (Å²) in [6.45, 7) is 49.8. The molecule has 0 aliphatic rings. The number of thiazole rings is 1. The molecule has 0 fully saturated rings. The Bertz CT molecular complexity index is 4810. The number of pyridine rings is 4. The molecule has 13 heteroatoms. The SMILES string of the molecule is CC(C)(C)c1ccc2ncccc2c1.CC(C)(C)c1ccc2ncsc2c1.CC(C)(C)c1cccc2ccsc12.CC(C)(C)c1cnn2cccc(F)c12.COc1cc(Cl)cc(C(C)(C)C)c1.Cc1ccc2nc(C)cc(C(C)(C)C)c2c1.Cn1ccc2c(C(C)(C)C)c(F)cnc21. The zero-order chi connectivity index (χ0) is 72.7. The molecule has 0 N–H and O–H groups in total. The first-order chi connectivity index (χ1) is 45.4. The average Bonchev–Trinajstić information content (AvgIpc) is 1.55. The van der Waals surface area contributed by atoms with Crippen molar-refractivity contribution in [2.75, 3.05) is 7.11 Å². The summed E-state index contributed by atoms with van der Waals surface area (Å²) in [6, 6.07) is 45.4. The largest absolute Gasteiger partial charge is 0.497 e. The highest BCUT2D eigenvalue weighted by Gasteiger charge is 2.25. The van der Waals surface area contributed by atoms with Crippen LogP contribution in [-0.4, -0.2) is 41.2 Å². The highest BCUT2D eigenvalue weighted by molar-refractivity contribution is 7.17. The van der Waals surface area contributed by atoms with Crippen LogP contribution >= 0.6 is 34.3 Å². The lowest BCUT2D eigenvalue weighted by molar-refractivity contribution is 0.412. The number of thiophene rings is 1. The summed E-state index contributed by atoms with van der Waals surface area (Å²) < 4.78 is 38.7. The third kappa shape index (κ3) is 20.4. The van der Waals surface area contributed by atoms with Crippen LogP contribution < -0.4 is 4.74 Å². The fourth-order valence-electron chi connectivity index (χ4n) is 11.2. The van der Waals surface area contributed by atoms with E-state index in [1.54, 1.807) is 41.4 Å². The summed E-state index contributed by atoms with van der Waals surface area (Å²) in [5.41, 5.74) is 18.2. The van der Waals surface area contributed by atoms with Gasteiger partial charge in [-0.15, -0.1) is 22.7 Å². The molecule has 0 saturated heterocycles. The number of nitrogens with zero attached hydrogens (tertiary/aromatic N) is 7. The van der Waals surface area contributed by atoms with E-state index >= 15 is 0 Å². The number of hydrogen-bond donors (Lipinski definition) is 0. The summed E-state index contributed by atoms with van der Waals surface area (Å²) >= 11 is 9.50. The Morgan fingerprint density at radius 2 is 1.10 bits per heavy atom. The fraction of sp³-hybridized carbons (Fsp3) is 0.376. The van der Waals surface area contributed by atoms with Gasteiger partial charge in [-0.3, -0.25) is 9.97 Å². The Morgan fingerprint density at radius 3 is 1.72 bits per heavy atom. The number of ether oxygens (including phenoxy) is 1. The molecule has 5 aromatic carbocycles. The van der Waals surface area contributed by atoms with Gasteiger partial charge in [-0.05, 0) is 181 Å². The lowest BCUT2D eigenvalue weighted by Crippen LogP contribution is -2.14. The number of hydrogen-bond acceptors (Lipinski definition) is 8. The van der Waals surface area contributed by atoms with Crippen molar-refractivity contribution in [3.63, 3.8) is 0 Å². The molecule has 0 aliphatic carbocycles. The summed E-state index contributed by atoms with van der Waals surface area (Å²) in [7, 11) is 3.57.